The number of hydrogen-bond acceptors (Lipinski definition) is 3. The minimum absolute atomic E-state index is 0.157. The summed E-state index contributed by atoms with van der Waals surface area (Å²) in [5.74, 6) is -0.727. The van der Waals surface area contributed by atoms with E-state index in [1.54, 1.807) is 5.01 Å². The molecule has 1 heterocycles. The van der Waals surface area contributed by atoms with E-state index in [0.717, 1.165) is 61.0 Å². The van der Waals surface area contributed by atoms with Gasteiger partial charge >= 0.3 is 12.0 Å². The first kappa shape index (κ1) is 21.4. The van der Waals surface area contributed by atoms with Gasteiger partial charge in [-0.3, -0.25) is 10.2 Å². The highest BCUT2D eigenvalue weighted by Crippen LogP contribution is 2.26. The highest BCUT2D eigenvalue weighted by molar-refractivity contribution is 5.99. The second-order valence-corrected chi connectivity index (χ2v) is 7.44. The number of carboxylic acid groups (broad SMARTS) is 1. The minimum Gasteiger partial charge on any atom is -0.481 e. The zero-order chi connectivity index (χ0) is 21.2. The summed E-state index contributed by atoms with van der Waals surface area (Å²) in [6, 6.07) is 19.7. The topological polar surface area (TPSA) is 81.7 Å². The number of urea groups is 1. The number of rotatable bonds is 11. The van der Waals surface area contributed by atoms with E-state index in [4.69, 9.17) is 5.11 Å². The molecule has 1 aliphatic rings. The van der Waals surface area contributed by atoms with Crippen LogP contribution in [0.5, 0.6) is 0 Å². The normalized spacial score (nSPS) is 13.7. The molecule has 0 saturated heterocycles. The fourth-order valence-corrected chi connectivity index (χ4v) is 3.52. The number of nitrogens with one attached hydrogen (secondary N) is 2. The third-order valence-corrected chi connectivity index (χ3v) is 5.12. The van der Waals surface area contributed by atoms with Crippen LogP contribution < -0.4 is 10.7 Å². The number of nitrogens with zero attached hydrogens (tertiary/aromatic N) is 1. The Labute approximate surface area is 177 Å². The van der Waals surface area contributed by atoms with Crippen LogP contribution in [0.1, 0.15) is 56.1 Å². The Morgan fingerprint density at radius 2 is 1.30 bits per heavy atom. The Morgan fingerprint density at radius 1 is 0.767 bits per heavy atom. The molecule has 1 aliphatic heterocycles. The molecule has 0 saturated carbocycles. The van der Waals surface area contributed by atoms with Gasteiger partial charge in [0, 0.05) is 24.1 Å². The lowest BCUT2D eigenvalue weighted by atomic mass is 10.0. The fraction of sp³-hybridized carbons (Fsp3) is 0.333. The zero-order valence-electron chi connectivity index (χ0n) is 17.1. The molecule has 3 rings (SSSR count). The molecular formula is C24H29N3O3. The highest BCUT2D eigenvalue weighted by Gasteiger charge is 2.25. The molecule has 2 amide bonds. The van der Waals surface area contributed by atoms with Crippen molar-refractivity contribution in [1.29, 1.82) is 0 Å². The first-order chi connectivity index (χ1) is 14.6. The van der Waals surface area contributed by atoms with Gasteiger partial charge in [0.05, 0.1) is 11.4 Å². The predicted molar refractivity (Wildman–Crippen MR) is 118 cm³/mol. The van der Waals surface area contributed by atoms with E-state index in [0.29, 0.717) is 6.54 Å². The number of carbonyl (C=O) groups is 2. The van der Waals surface area contributed by atoms with Crippen LogP contribution >= 0.6 is 0 Å². The summed E-state index contributed by atoms with van der Waals surface area (Å²) < 4.78 is 0. The fourth-order valence-electron chi connectivity index (χ4n) is 3.52. The molecule has 0 atom stereocenters. The van der Waals surface area contributed by atoms with Crippen LogP contribution in [0.15, 0.2) is 60.7 Å². The average Bonchev–Trinajstić information content (AvgIpc) is 2.77. The van der Waals surface area contributed by atoms with Gasteiger partial charge in [-0.05, 0) is 12.8 Å². The molecule has 6 nitrogen and oxygen atoms in total. The molecule has 158 valence electrons. The molecular weight excluding hydrogens is 378 g/mol. The molecule has 0 bridgehead atoms. The summed E-state index contributed by atoms with van der Waals surface area (Å²) in [5.41, 5.74) is 6.96. The van der Waals surface area contributed by atoms with Crippen molar-refractivity contribution in [3.63, 3.8) is 0 Å². The van der Waals surface area contributed by atoms with Crippen LogP contribution in [0.4, 0.5) is 4.79 Å². The third-order valence-electron chi connectivity index (χ3n) is 5.12. The molecule has 0 fully saturated rings. The van der Waals surface area contributed by atoms with Gasteiger partial charge in [-0.15, -0.1) is 0 Å². The molecule has 2 aromatic carbocycles. The van der Waals surface area contributed by atoms with Crippen LogP contribution in [-0.2, 0) is 4.79 Å². The van der Waals surface area contributed by atoms with Crippen molar-refractivity contribution in [3.05, 3.63) is 71.8 Å². The maximum Gasteiger partial charge on any atom is 0.340 e. The van der Waals surface area contributed by atoms with Crippen LogP contribution in [0.2, 0.25) is 0 Å². The number of unbranched alkanes of at least 4 members (excludes halogenated alkanes) is 5. The third kappa shape index (κ3) is 6.11. The second kappa shape index (κ2) is 11.0. The molecule has 30 heavy (non-hydrogen) atoms. The quantitative estimate of drug-likeness (QED) is 0.465. The van der Waals surface area contributed by atoms with Crippen LogP contribution in [0.3, 0.4) is 0 Å². The Kier molecular flexibility index (Phi) is 7.89. The Hall–Kier alpha value is -3.28. The van der Waals surface area contributed by atoms with Gasteiger partial charge in [0.1, 0.15) is 0 Å². The molecule has 0 radical (unpaired) electrons. The number of benzene rings is 2. The number of hydrogen-bond donors (Lipinski definition) is 3. The summed E-state index contributed by atoms with van der Waals surface area (Å²) in [6.45, 7) is 0.610. The summed E-state index contributed by atoms with van der Waals surface area (Å²) in [7, 11) is 0. The monoisotopic (exact) mass is 407 g/mol. The van der Waals surface area contributed by atoms with Crippen molar-refractivity contribution in [2.75, 3.05) is 6.54 Å². The van der Waals surface area contributed by atoms with Gasteiger partial charge < -0.3 is 10.4 Å². The predicted octanol–water partition coefficient (Wildman–Crippen LogP) is 4.86. The van der Waals surface area contributed by atoms with E-state index in [-0.39, 0.29) is 12.5 Å². The van der Waals surface area contributed by atoms with Crippen LogP contribution in [0, 0.1) is 0 Å². The van der Waals surface area contributed by atoms with Crippen molar-refractivity contribution >= 4 is 23.4 Å². The van der Waals surface area contributed by atoms with Gasteiger partial charge in [0.15, 0.2) is 0 Å². The largest absolute Gasteiger partial charge is 0.481 e. The lowest BCUT2D eigenvalue weighted by molar-refractivity contribution is -0.137. The zero-order valence-corrected chi connectivity index (χ0v) is 17.1. The standard InChI is InChI=1S/C24H29N3O3/c28-21(29)17-11-3-1-2-4-12-18-27-24(30)25-22(19-13-7-5-8-14-19)23(26-27)20-15-9-6-10-16-20/h5-10,13-16,26H,1-4,11-12,17-18H2,(H,25,30)(H,28,29). The molecule has 3 N–H and O–H groups in total. The number of carboxylic acids is 1. The van der Waals surface area contributed by atoms with E-state index >= 15 is 0 Å². The molecule has 0 aliphatic carbocycles. The maximum atomic E-state index is 12.7. The van der Waals surface area contributed by atoms with Gasteiger partial charge in [0.25, 0.3) is 0 Å². The van der Waals surface area contributed by atoms with Crippen LogP contribution in [-0.4, -0.2) is 28.7 Å². The van der Waals surface area contributed by atoms with Crippen molar-refractivity contribution in [2.45, 2.75) is 44.9 Å². The SMILES string of the molecule is O=C(O)CCCCCCCCN1NC(c2ccccc2)=C(c2ccccc2)NC1=O. The first-order valence-electron chi connectivity index (χ1n) is 10.6. The number of amides is 2. The summed E-state index contributed by atoms with van der Waals surface area (Å²) in [4.78, 5) is 23.2. The van der Waals surface area contributed by atoms with Crippen molar-refractivity contribution in [2.24, 2.45) is 0 Å². The van der Waals surface area contributed by atoms with Gasteiger partial charge in [-0.25, -0.2) is 9.80 Å². The van der Waals surface area contributed by atoms with Crippen LogP contribution in [0.25, 0.3) is 11.4 Å². The van der Waals surface area contributed by atoms with Crippen molar-refractivity contribution < 1.29 is 14.7 Å². The lowest BCUT2D eigenvalue weighted by Gasteiger charge is -2.33. The van der Waals surface area contributed by atoms with E-state index in [2.05, 4.69) is 10.7 Å². The second-order valence-electron chi connectivity index (χ2n) is 7.44. The van der Waals surface area contributed by atoms with Gasteiger partial charge in [0.2, 0.25) is 0 Å². The Bertz CT molecular complexity index is 866. The summed E-state index contributed by atoms with van der Waals surface area (Å²) in [5, 5.41) is 13.4. The van der Waals surface area contributed by atoms with Crippen molar-refractivity contribution in [1.82, 2.24) is 15.8 Å². The maximum absolute atomic E-state index is 12.7. The summed E-state index contributed by atoms with van der Waals surface area (Å²) in [6.07, 6.45) is 5.90. The molecule has 2 aromatic rings. The van der Waals surface area contributed by atoms with Gasteiger partial charge in [-0.1, -0.05) is 86.3 Å². The molecule has 0 spiro atoms. The van der Waals surface area contributed by atoms with Crippen molar-refractivity contribution in [3.8, 4) is 0 Å². The molecule has 0 unspecified atom stereocenters. The van der Waals surface area contributed by atoms with E-state index in [1.165, 1.54) is 0 Å². The highest BCUT2D eigenvalue weighted by atomic mass is 16.4. The smallest absolute Gasteiger partial charge is 0.340 e. The first-order valence-corrected chi connectivity index (χ1v) is 10.6. The molecule has 6 heteroatoms. The van der Waals surface area contributed by atoms with E-state index < -0.39 is 5.97 Å². The van der Waals surface area contributed by atoms with E-state index in [9.17, 15) is 9.59 Å². The minimum atomic E-state index is -0.727. The Morgan fingerprint density at radius 3 is 1.90 bits per heavy atom. The lowest BCUT2D eigenvalue weighted by Crippen LogP contribution is -2.52. The summed E-state index contributed by atoms with van der Waals surface area (Å²) >= 11 is 0. The number of hydrazine groups is 1. The van der Waals surface area contributed by atoms with E-state index in [1.807, 2.05) is 60.7 Å². The Balaban J connectivity index is 1.59. The molecule has 0 aromatic heterocycles. The average molecular weight is 408 g/mol. The number of carbonyl (C=O) groups excluding carboxylic acids is 1. The number of aliphatic carboxylic acids is 1. The van der Waals surface area contributed by atoms with Gasteiger partial charge in [-0.2, -0.15) is 0 Å².